The number of amides is 1. The summed E-state index contributed by atoms with van der Waals surface area (Å²) in [7, 11) is 0. The van der Waals surface area contributed by atoms with Gasteiger partial charge in [-0.15, -0.1) is 0 Å². The summed E-state index contributed by atoms with van der Waals surface area (Å²) in [6.45, 7) is 8.48. The number of nitrogens with zero attached hydrogens (tertiary/aromatic N) is 2. The normalized spacial score (nSPS) is 25.4. The lowest BCUT2D eigenvalue weighted by Gasteiger charge is -2.43. The molecular weight excluding hydrogens is 314 g/mol. The number of likely N-dealkylation sites (tertiary alicyclic amines) is 1. The Morgan fingerprint density at radius 2 is 2.20 bits per heavy atom. The Morgan fingerprint density at radius 3 is 3.08 bits per heavy atom. The van der Waals surface area contributed by atoms with E-state index in [0.717, 1.165) is 75.2 Å². The summed E-state index contributed by atoms with van der Waals surface area (Å²) in [6.07, 6.45) is 4.11. The fourth-order valence-electron chi connectivity index (χ4n) is 4.34. The van der Waals surface area contributed by atoms with Gasteiger partial charge in [0.25, 0.3) is 5.91 Å². The van der Waals surface area contributed by atoms with Gasteiger partial charge < -0.3 is 19.5 Å². The summed E-state index contributed by atoms with van der Waals surface area (Å²) < 4.78 is 5.92. The van der Waals surface area contributed by atoms with Gasteiger partial charge in [0.05, 0.1) is 13.2 Å². The van der Waals surface area contributed by atoms with Crippen molar-refractivity contribution in [2.45, 2.75) is 19.8 Å². The number of piperidine rings is 1. The third-order valence-corrected chi connectivity index (χ3v) is 5.72. The van der Waals surface area contributed by atoms with Crippen LogP contribution in [0.3, 0.4) is 0 Å². The van der Waals surface area contributed by atoms with Gasteiger partial charge in [0.1, 0.15) is 0 Å². The van der Waals surface area contributed by atoms with Crippen LogP contribution in [0.25, 0.3) is 10.9 Å². The third-order valence-electron chi connectivity index (χ3n) is 5.72. The molecule has 5 heteroatoms. The number of fused-ring (bicyclic) bond motifs is 1. The van der Waals surface area contributed by atoms with E-state index >= 15 is 0 Å². The van der Waals surface area contributed by atoms with E-state index in [-0.39, 0.29) is 11.3 Å². The number of aromatic amines is 1. The Morgan fingerprint density at radius 1 is 1.28 bits per heavy atom. The minimum Gasteiger partial charge on any atom is -0.379 e. The van der Waals surface area contributed by atoms with Crippen LogP contribution in [0.4, 0.5) is 0 Å². The Bertz CT molecular complexity index is 756. The number of hydrogen-bond donors (Lipinski definition) is 1. The van der Waals surface area contributed by atoms with Crippen LogP contribution in [-0.2, 0) is 4.74 Å². The lowest BCUT2D eigenvalue weighted by Crippen LogP contribution is -2.52. The van der Waals surface area contributed by atoms with Crippen LogP contribution in [0.15, 0.2) is 30.5 Å². The average molecular weight is 341 g/mol. The minimum atomic E-state index is 0.0803. The minimum absolute atomic E-state index is 0.0803. The van der Waals surface area contributed by atoms with E-state index < -0.39 is 0 Å². The van der Waals surface area contributed by atoms with Crippen molar-refractivity contribution in [3.63, 3.8) is 0 Å². The standard InChI is InChI=1S/C20H27N3O2/c1-2-22-10-11-25-15-20(13-22)7-3-9-23(14-20)19(24)17-5-4-16-6-8-21-18(16)12-17/h4-6,8,12,21H,2-3,7,9-11,13-15H2,1H3. The predicted octanol–water partition coefficient (Wildman–Crippen LogP) is 2.74. The number of rotatable bonds is 2. The topological polar surface area (TPSA) is 48.6 Å². The maximum atomic E-state index is 13.1. The molecule has 1 amide bonds. The monoisotopic (exact) mass is 341 g/mol. The molecule has 1 aromatic heterocycles. The fraction of sp³-hybridized carbons (Fsp3) is 0.550. The van der Waals surface area contributed by atoms with Crippen LogP contribution >= 0.6 is 0 Å². The van der Waals surface area contributed by atoms with Crippen molar-refractivity contribution in [2.24, 2.45) is 5.41 Å². The molecule has 0 bridgehead atoms. The van der Waals surface area contributed by atoms with Gasteiger partial charge in [-0.25, -0.2) is 0 Å². The third kappa shape index (κ3) is 3.31. The van der Waals surface area contributed by atoms with Crippen molar-refractivity contribution in [2.75, 3.05) is 45.9 Å². The molecule has 0 radical (unpaired) electrons. The van der Waals surface area contributed by atoms with Gasteiger partial charge in [-0.05, 0) is 43.0 Å². The van der Waals surface area contributed by atoms with Gasteiger partial charge in [-0.2, -0.15) is 0 Å². The van der Waals surface area contributed by atoms with Crippen molar-refractivity contribution in [1.82, 2.24) is 14.8 Å². The quantitative estimate of drug-likeness (QED) is 0.914. The van der Waals surface area contributed by atoms with Crippen LogP contribution < -0.4 is 0 Å². The number of hydrogen-bond acceptors (Lipinski definition) is 3. The van der Waals surface area contributed by atoms with Crippen LogP contribution in [0.1, 0.15) is 30.1 Å². The van der Waals surface area contributed by atoms with Crippen molar-refractivity contribution in [1.29, 1.82) is 0 Å². The molecule has 1 N–H and O–H groups in total. The van der Waals surface area contributed by atoms with Crippen LogP contribution in [0, 0.1) is 5.41 Å². The molecule has 2 aliphatic heterocycles. The van der Waals surface area contributed by atoms with Gasteiger partial charge >= 0.3 is 0 Å². The summed E-state index contributed by atoms with van der Waals surface area (Å²) in [5.41, 5.74) is 1.87. The van der Waals surface area contributed by atoms with Gasteiger partial charge in [0.2, 0.25) is 0 Å². The van der Waals surface area contributed by atoms with Gasteiger partial charge in [-0.3, -0.25) is 4.79 Å². The Balaban J connectivity index is 1.54. The molecule has 2 aliphatic rings. The smallest absolute Gasteiger partial charge is 0.253 e. The Kier molecular flexibility index (Phi) is 4.52. The second kappa shape index (κ2) is 6.81. The summed E-state index contributed by atoms with van der Waals surface area (Å²) in [6, 6.07) is 7.97. The number of nitrogens with one attached hydrogen (secondary N) is 1. The number of H-pyrrole nitrogens is 1. The maximum absolute atomic E-state index is 13.1. The first-order valence-corrected chi connectivity index (χ1v) is 9.36. The number of ether oxygens (including phenoxy) is 1. The number of carbonyl (C=O) groups is 1. The highest BCUT2D eigenvalue weighted by atomic mass is 16.5. The van der Waals surface area contributed by atoms with Crippen molar-refractivity contribution in [3.05, 3.63) is 36.0 Å². The highest BCUT2D eigenvalue weighted by Crippen LogP contribution is 2.33. The number of carbonyl (C=O) groups excluding carboxylic acids is 1. The zero-order valence-electron chi connectivity index (χ0n) is 15.0. The molecule has 1 aromatic carbocycles. The molecule has 0 aliphatic carbocycles. The molecule has 3 heterocycles. The van der Waals surface area contributed by atoms with E-state index in [9.17, 15) is 4.79 Å². The summed E-state index contributed by atoms with van der Waals surface area (Å²) >= 11 is 0. The second-order valence-electron chi connectivity index (χ2n) is 7.53. The van der Waals surface area contributed by atoms with Gasteiger partial charge in [-0.1, -0.05) is 13.0 Å². The van der Waals surface area contributed by atoms with Crippen molar-refractivity contribution < 1.29 is 9.53 Å². The largest absolute Gasteiger partial charge is 0.379 e. The highest BCUT2D eigenvalue weighted by Gasteiger charge is 2.40. The van der Waals surface area contributed by atoms with Gasteiger partial charge in [0, 0.05) is 48.9 Å². The number of aromatic nitrogens is 1. The first-order valence-electron chi connectivity index (χ1n) is 9.36. The lowest BCUT2D eigenvalue weighted by molar-refractivity contribution is 0.00767. The number of benzene rings is 1. The van der Waals surface area contributed by atoms with E-state index in [1.165, 1.54) is 0 Å². The molecule has 2 saturated heterocycles. The van der Waals surface area contributed by atoms with E-state index in [1.807, 2.05) is 35.4 Å². The van der Waals surface area contributed by atoms with Crippen LogP contribution in [0.5, 0.6) is 0 Å². The van der Waals surface area contributed by atoms with E-state index in [0.29, 0.717) is 0 Å². The highest BCUT2D eigenvalue weighted by molar-refractivity contribution is 5.98. The fourth-order valence-corrected chi connectivity index (χ4v) is 4.34. The molecule has 0 saturated carbocycles. The Hall–Kier alpha value is -1.85. The number of likely N-dealkylation sites (N-methyl/N-ethyl adjacent to an activating group) is 1. The summed E-state index contributed by atoms with van der Waals surface area (Å²) in [4.78, 5) is 20.8. The maximum Gasteiger partial charge on any atom is 0.253 e. The first-order chi connectivity index (χ1) is 12.2. The SMILES string of the molecule is CCN1CCOCC2(CCCN(C(=O)c3ccc4cc[nH]c4c3)C2)C1. The molecule has 25 heavy (non-hydrogen) atoms. The van der Waals surface area contributed by atoms with E-state index in [2.05, 4.69) is 16.8 Å². The average Bonchev–Trinajstić information content (AvgIpc) is 3.03. The molecule has 1 unspecified atom stereocenters. The molecular formula is C20H27N3O2. The molecule has 4 rings (SSSR count). The molecule has 2 aromatic rings. The second-order valence-corrected chi connectivity index (χ2v) is 7.53. The predicted molar refractivity (Wildman–Crippen MR) is 98.8 cm³/mol. The van der Waals surface area contributed by atoms with Crippen LogP contribution in [0.2, 0.25) is 0 Å². The van der Waals surface area contributed by atoms with Gasteiger partial charge in [0.15, 0.2) is 0 Å². The van der Waals surface area contributed by atoms with Crippen molar-refractivity contribution >= 4 is 16.8 Å². The zero-order chi connectivity index (χ0) is 17.3. The summed E-state index contributed by atoms with van der Waals surface area (Å²) in [5.74, 6) is 0.142. The first kappa shape index (κ1) is 16.6. The van der Waals surface area contributed by atoms with E-state index in [1.54, 1.807) is 0 Å². The van der Waals surface area contributed by atoms with Crippen LogP contribution in [-0.4, -0.2) is 66.6 Å². The van der Waals surface area contributed by atoms with Crippen molar-refractivity contribution in [3.8, 4) is 0 Å². The molecule has 134 valence electrons. The molecule has 1 spiro atoms. The molecule has 2 fully saturated rings. The molecule has 1 atom stereocenters. The lowest BCUT2D eigenvalue weighted by atomic mass is 9.80. The summed E-state index contributed by atoms with van der Waals surface area (Å²) in [5, 5.41) is 1.14. The molecule has 5 nitrogen and oxygen atoms in total. The van der Waals surface area contributed by atoms with E-state index in [4.69, 9.17) is 4.74 Å². The Labute approximate surface area is 148 Å². The zero-order valence-corrected chi connectivity index (χ0v) is 15.0.